The van der Waals surface area contributed by atoms with Crippen molar-refractivity contribution in [1.82, 2.24) is 4.90 Å². The van der Waals surface area contributed by atoms with Crippen LogP contribution < -0.4 is 5.73 Å². The highest BCUT2D eigenvalue weighted by Gasteiger charge is 2.32. The second kappa shape index (κ2) is 4.94. The maximum atomic E-state index is 9.00. The molecule has 1 saturated heterocycles. The van der Waals surface area contributed by atoms with Gasteiger partial charge in [0.05, 0.1) is 0 Å². The summed E-state index contributed by atoms with van der Waals surface area (Å²) in [5.41, 5.74) is 6.00. The van der Waals surface area contributed by atoms with Crippen LogP contribution >= 0.6 is 0 Å². The molecule has 0 aromatic heterocycles. The van der Waals surface area contributed by atoms with Crippen molar-refractivity contribution in [1.29, 1.82) is 0 Å². The molecule has 13 heavy (non-hydrogen) atoms. The molecule has 1 aliphatic rings. The van der Waals surface area contributed by atoms with Gasteiger partial charge in [-0.1, -0.05) is 6.92 Å². The molecular formula is C10H22N2O. The summed E-state index contributed by atoms with van der Waals surface area (Å²) in [6.07, 6.45) is 3.27. The van der Waals surface area contributed by atoms with Gasteiger partial charge in [-0.05, 0) is 44.3 Å². The number of aliphatic hydroxyl groups is 1. The first-order chi connectivity index (χ1) is 6.26. The lowest BCUT2D eigenvalue weighted by Gasteiger charge is -2.41. The Morgan fingerprint density at radius 2 is 2.31 bits per heavy atom. The fourth-order valence-corrected chi connectivity index (χ4v) is 2.29. The molecule has 1 heterocycles. The molecule has 1 unspecified atom stereocenters. The van der Waals surface area contributed by atoms with Gasteiger partial charge in [0.2, 0.25) is 0 Å². The third-order valence-corrected chi connectivity index (χ3v) is 3.26. The molecular weight excluding hydrogens is 164 g/mol. The van der Waals surface area contributed by atoms with Crippen LogP contribution in [0.15, 0.2) is 0 Å². The Bertz CT molecular complexity index is 148. The van der Waals surface area contributed by atoms with E-state index >= 15 is 0 Å². The fourth-order valence-electron chi connectivity index (χ4n) is 2.29. The van der Waals surface area contributed by atoms with Gasteiger partial charge in [0.15, 0.2) is 0 Å². The molecule has 0 aromatic rings. The minimum atomic E-state index is 0.197. The Labute approximate surface area is 80.9 Å². The van der Waals surface area contributed by atoms with Crippen LogP contribution in [0.3, 0.4) is 0 Å². The number of nitrogens with zero attached hydrogens (tertiary/aromatic N) is 1. The third-order valence-electron chi connectivity index (χ3n) is 3.26. The molecule has 3 heteroatoms. The largest absolute Gasteiger partial charge is 0.396 e. The van der Waals surface area contributed by atoms with E-state index < -0.39 is 0 Å². The topological polar surface area (TPSA) is 49.5 Å². The van der Waals surface area contributed by atoms with E-state index in [2.05, 4.69) is 11.8 Å². The van der Waals surface area contributed by atoms with Gasteiger partial charge in [0.1, 0.15) is 0 Å². The molecule has 1 aliphatic heterocycles. The summed E-state index contributed by atoms with van der Waals surface area (Å²) in [5, 5.41) is 9.00. The van der Waals surface area contributed by atoms with Crippen molar-refractivity contribution in [2.75, 3.05) is 32.8 Å². The highest BCUT2D eigenvalue weighted by Crippen LogP contribution is 2.31. The SMILES string of the molecule is CCN1CCCC(CN)(CCO)C1. The standard InChI is InChI=1S/C10H22N2O/c1-2-12-6-3-4-10(8-11,9-12)5-7-13/h13H,2-9,11H2,1H3. The molecule has 0 amide bonds. The number of hydrogen-bond acceptors (Lipinski definition) is 3. The van der Waals surface area contributed by atoms with Crippen molar-refractivity contribution in [3.8, 4) is 0 Å². The Morgan fingerprint density at radius 3 is 2.85 bits per heavy atom. The van der Waals surface area contributed by atoms with Crippen molar-refractivity contribution < 1.29 is 5.11 Å². The zero-order valence-electron chi connectivity index (χ0n) is 8.63. The minimum absolute atomic E-state index is 0.197. The van der Waals surface area contributed by atoms with E-state index in [-0.39, 0.29) is 12.0 Å². The molecule has 1 fully saturated rings. The van der Waals surface area contributed by atoms with E-state index in [1.54, 1.807) is 0 Å². The average molecular weight is 186 g/mol. The van der Waals surface area contributed by atoms with Crippen molar-refractivity contribution in [3.63, 3.8) is 0 Å². The van der Waals surface area contributed by atoms with Crippen molar-refractivity contribution in [2.24, 2.45) is 11.1 Å². The minimum Gasteiger partial charge on any atom is -0.396 e. The van der Waals surface area contributed by atoms with E-state index in [0.29, 0.717) is 6.54 Å². The van der Waals surface area contributed by atoms with Crippen LogP contribution in [-0.2, 0) is 0 Å². The number of piperidine rings is 1. The number of nitrogens with two attached hydrogens (primary N) is 1. The zero-order chi connectivity index (χ0) is 9.73. The number of aliphatic hydroxyl groups excluding tert-OH is 1. The first kappa shape index (κ1) is 11.0. The van der Waals surface area contributed by atoms with Gasteiger partial charge in [-0.3, -0.25) is 0 Å². The molecule has 1 atom stereocenters. The molecule has 0 bridgehead atoms. The van der Waals surface area contributed by atoms with Gasteiger partial charge in [0.25, 0.3) is 0 Å². The van der Waals surface area contributed by atoms with Gasteiger partial charge < -0.3 is 15.7 Å². The van der Waals surface area contributed by atoms with E-state index in [1.165, 1.54) is 19.4 Å². The molecule has 3 N–H and O–H groups in total. The third kappa shape index (κ3) is 2.66. The van der Waals surface area contributed by atoms with E-state index in [1.807, 2.05) is 0 Å². The molecule has 0 aliphatic carbocycles. The highest BCUT2D eigenvalue weighted by atomic mass is 16.3. The second-order valence-corrected chi connectivity index (χ2v) is 4.15. The van der Waals surface area contributed by atoms with Crippen LogP contribution in [0.2, 0.25) is 0 Å². The predicted molar refractivity (Wildman–Crippen MR) is 54.5 cm³/mol. The first-order valence-corrected chi connectivity index (χ1v) is 5.29. The molecule has 78 valence electrons. The van der Waals surface area contributed by atoms with Crippen LogP contribution in [0.25, 0.3) is 0 Å². The Morgan fingerprint density at radius 1 is 1.54 bits per heavy atom. The Balaban J connectivity index is 2.53. The molecule has 0 spiro atoms. The molecule has 3 nitrogen and oxygen atoms in total. The smallest absolute Gasteiger partial charge is 0.0437 e. The summed E-state index contributed by atoms with van der Waals surface area (Å²) < 4.78 is 0. The van der Waals surface area contributed by atoms with Crippen LogP contribution in [0, 0.1) is 5.41 Å². The van der Waals surface area contributed by atoms with Gasteiger partial charge in [0, 0.05) is 13.2 Å². The van der Waals surface area contributed by atoms with Crippen LogP contribution in [-0.4, -0.2) is 42.8 Å². The number of likely N-dealkylation sites (tertiary alicyclic amines) is 1. The fraction of sp³-hybridized carbons (Fsp3) is 1.00. The second-order valence-electron chi connectivity index (χ2n) is 4.15. The summed E-state index contributed by atoms with van der Waals surface area (Å²) in [7, 11) is 0. The van der Waals surface area contributed by atoms with Gasteiger partial charge in [-0.25, -0.2) is 0 Å². The Kier molecular flexibility index (Phi) is 4.16. The lowest BCUT2D eigenvalue weighted by molar-refractivity contribution is 0.0722. The summed E-state index contributed by atoms with van der Waals surface area (Å²) in [4.78, 5) is 2.44. The molecule has 0 aromatic carbocycles. The van der Waals surface area contributed by atoms with Crippen molar-refractivity contribution in [3.05, 3.63) is 0 Å². The maximum absolute atomic E-state index is 9.00. The van der Waals surface area contributed by atoms with Gasteiger partial charge >= 0.3 is 0 Å². The van der Waals surface area contributed by atoms with Gasteiger partial charge in [-0.2, -0.15) is 0 Å². The van der Waals surface area contributed by atoms with Crippen molar-refractivity contribution in [2.45, 2.75) is 26.2 Å². The van der Waals surface area contributed by atoms with Crippen molar-refractivity contribution >= 4 is 0 Å². The number of hydrogen-bond donors (Lipinski definition) is 2. The summed E-state index contributed by atoms with van der Waals surface area (Å²) >= 11 is 0. The Hall–Kier alpha value is -0.120. The molecule has 1 rings (SSSR count). The van der Waals surface area contributed by atoms with Gasteiger partial charge in [-0.15, -0.1) is 0 Å². The quantitative estimate of drug-likeness (QED) is 0.669. The normalized spacial score (nSPS) is 30.7. The summed E-state index contributed by atoms with van der Waals surface area (Å²) in [6, 6.07) is 0. The molecule has 0 saturated carbocycles. The van der Waals surface area contributed by atoms with E-state index in [0.717, 1.165) is 19.5 Å². The highest BCUT2D eigenvalue weighted by molar-refractivity contribution is 4.87. The molecule has 0 radical (unpaired) electrons. The van der Waals surface area contributed by atoms with E-state index in [9.17, 15) is 0 Å². The monoisotopic (exact) mass is 186 g/mol. The lowest BCUT2D eigenvalue weighted by atomic mass is 9.77. The predicted octanol–water partition coefficient (Wildman–Crippen LogP) is 0.430. The lowest BCUT2D eigenvalue weighted by Crippen LogP contribution is -2.47. The summed E-state index contributed by atoms with van der Waals surface area (Å²) in [6.45, 7) is 6.54. The first-order valence-electron chi connectivity index (χ1n) is 5.29. The maximum Gasteiger partial charge on any atom is 0.0437 e. The van der Waals surface area contributed by atoms with Crippen LogP contribution in [0.5, 0.6) is 0 Å². The number of rotatable bonds is 4. The summed E-state index contributed by atoms with van der Waals surface area (Å²) in [5.74, 6) is 0. The van der Waals surface area contributed by atoms with E-state index in [4.69, 9.17) is 10.8 Å². The van der Waals surface area contributed by atoms with Crippen LogP contribution in [0.4, 0.5) is 0 Å². The average Bonchev–Trinajstić information content (AvgIpc) is 2.19. The van der Waals surface area contributed by atoms with Crippen LogP contribution in [0.1, 0.15) is 26.2 Å². The zero-order valence-corrected chi connectivity index (χ0v) is 8.63.